The van der Waals surface area contributed by atoms with E-state index in [0.29, 0.717) is 26.2 Å². The minimum absolute atomic E-state index is 0.0567. The summed E-state index contributed by atoms with van der Waals surface area (Å²) in [5.41, 5.74) is 8.71. The van der Waals surface area contributed by atoms with Crippen molar-refractivity contribution in [2.24, 2.45) is 5.73 Å². The van der Waals surface area contributed by atoms with Crippen molar-refractivity contribution in [2.75, 3.05) is 19.8 Å². The molecule has 106 valence electrons. The standard InChI is InChI=1S/C13H22N4O2/c1-8(14)6-12(18)17-4-5-19-7-11(17)13-9(2)15-16-10(13)3/h8,11H,4-7,14H2,1-3H3,(H,15,16). The van der Waals surface area contributed by atoms with Gasteiger partial charge in [-0.15, -0.1) is 0 Å². The number of carbonyl (C=O) groups is 1. The largest absolute Gasteiger partial charge is 0.377 e. The van der Waals surface area contributed by atoms with Gasteiger partial charge in [-0.1, -0.05) is 0 Å². The average Bonchev–Trinajstić information content (AvgIpc) is 2.68. The maximum absolute atomic E-state index is 12.3. The van der Waals surface area contributed by atoms with E-state index in [9.17, 15) is 4.79 Å². The number of hydrogen-bond acceptors (Lipinski definition) is 4. The molecule has 0 saturated carbocycles. The van der Waals surface area contributed by atoms with E-state index in [0.717, 1.165) is 17.0 Å². The number of aryl methyl sites for hydroxylation is 2. The molecule has 6 heteroatoms. The molecule has 2 rings (SSSR count). The number of morpholine rings is 1. The van der Waals surface area contributed by atoms with Crippen LogP contribution in [-0.2, 0) is 9.53 Å². The number of nitrogens with one attached hydrogen (secondary N) is 1. The summed E-state index contributed by atoms with van der Waals surface area (Å²) in [5.74, 6) is 0.0864. The third-order valence-electron chi connectivity index (χ3n) is 3.46. The van der Waals surface area contributed by atoms with Crippen molar-refractivity contribution in [3.8, 4) is 0 Å². The number of H-pyrrole nitrogens is 1. The molecule has 6 nitrogen and oxygen atoms in total. The van der Waals surface area contributed by atoms with Crippen LogP contribution in [0.25, 0.3) is 0 Å². The van der Waals surface area contributed by atoms with Crippen molar-refractivity contribution in [2.45, 2.75) is 39.3 Å². The maximum Gasteiger partial charge on any atom is 0.224 e. The van der Waals surface area contributed by atoms with Gasteiger partial charge in [-0.05, 0) is 20.8 Å². The molecule has 2 heterocycles. The second kappa shape index (κ2) is 5.71. The van der Waals surface area contributed by atoms with Crippen LogP contribution in [0.4, 0.5) is 0 Å². The molecule has 0 aliphatic carbocycles. The smallest absolute Gasteiger partial charge is 0.224 e. The van der Waals surface area contributed by atoms with Gasteiger partial charge < -0.3 is 15.4 Å². The van der Waals surface area contributed by atoms with Gasteiger partial charge in [0.2, 0.25) is 5.91 Å². The second-order valence-electron chi connectivity index (χ2n) is 5.21. The topological polar surface area (TPSA) is 84.2 Å². The molecule has 0 bridgehead atoms. The quantitative estimate of drug-likeness (QED) is 0.842. The van der Waals surface area contributed by atoms with E-state index >= 15 is 0 Å². The molecule has 19 heavy (non-hydrogen) atoms. The molecule has 1 amide bonds. The molecule has 2 unspecified atom stereocenters. The lowest BCUT2D eigenvalue weighted by Gasteiger charge is -2.36. The highest BCUT2D eigenvalue weighted by molar-refractivity contribution is 5.77. The summed E-state index contributed by atoms with van der Waals surface area (Å²) in [5, 5.41) is 7.17. The Morgan fingerprint density at radius 2 is 2.37 bits per heavy atom. The Labute approximate surface area is 113 Å². The predicted molar refractivity (Wildman–Crippen MR) is 71.6 cm³/mol. The number of nitrogens with zero attached hydrogens (tertiary/aromatic N) is 2. The number of amides is 1. The number of nitrogens with two attached hydrogens (primary N) is 1. The minimum Gasteiger partial charge on any atom is -0.377 e. The molecule has 0 spiro atoms. The molecule has 1 aliphatic rings. The Morgan fingerprint density at radius 3 is 2.95 bits per heavy atom. The number of ether oxygens (including phenoxy) is 1. The number of aromatic amines is 1. The number of rotatable bonds is 3. The minimum atomic E-state index is -0.123. The number of aromatic nitrogens is 2. The molecule has 1 fully saturated rings. The van der Waals surface area contributed by atoms with Gasteiger partial charge in [-0.2, -0.15) is 5.10 Å². The average molecular weight is 266 g/mol. The van der Waals surface area contributed by atoms with Gasteiger partial charge in [0.25, 0.3) is 0 Å². The molecule has 2 atom stereocenters. The molecule has 0 radical (unpaired) electrons. The molecule has 1 aliphatic heterocycles. The first kappa shape index (κ1) is 14.0. The van der Waals surface area contributed by atoms with Crippen LogP contribution in [0.3, 0.4) is 0 Å². The maximum atomic E-state index is 12.3. The molecule has 0 aromatic carbocycles. The van der Waals surface area contributed by atoms with Gasteiger partial charge >= 0.3 is 0 Å². The van der Waals surface area contributed by atoms with Crippen molar-refractivity contribution in [1.82, 2.24) is 15.1 Å². The van der Waals surface area contributed by atoms with Crippen LogP contribution in [0.15, 0.2) is 0 Å². The zero-order valence-corrected chi connectivity index (χ0v) is 11.8. The van der Waals surface area contributed by atoms with Gasteiger partial charge in [0.1, 0.15) is 0 Å². The lowest BCUT2D eigenvalue weighted by Crippen LogP contribution is -2.45. The third-order valence-corrected chi connectivity index (χ3v) is 3.46. The Morgan fingerprint density at radius 1 is 1.63 bits per heavy atom. The van der Waals surface area contributed by atoms with E-state index < -0.39 is 0 Å². The van der Waals surface area contributed by atoms with E-state index in [2.05, 4.69) is 10.2 Å². The van der Waals surface area contributed by atoms with Crippen LogP contribution < -0.4 is 5.73 Å². The summed E-state index contributed by atoms with van der Waals surface area (Å²) >= 11 is 0. The van der Waals surface area contributed by atoms with Crippen molar-refractivity contribution < 1.29 is 9.53 Å². The van der Waals surface area contributed by atoms with Crippen LogP contribution in [0.2, 0.25) is 0 Å². The second-order valence-corrected chi connectivity index (χ2v) is 5.21. The van der Waals surface area contributed by atoms with Gasteiger partial charge in [0.15, 0.2) is 0 Å². The number of carbonyl (C=O) groups excluding carboxylic acids is 1. The van der Waals surface area contributed by atoms with Gasteiger partial charge in [0.05, 0.1) is 24.9 Å². The van der Waals surface area contributed by atoms with Gasteiger partial charge in [-0.3, -0.25) is 9.89 Å². The summed E-state index contributed by atoms with van der Waals surface area (Å²) in [7, 11) is 0. The summed E-state index contributed by atoms with van der Waals surface area (Å²) in [6, 6.07) is -0.179. The first-order valence-corrected chi connectivity index (χ1v) is 6.65. The van der Waals surface area contributed by atoms with Gasteiger partial charge in [0, 0.05) is 30.3 Å². The lowest BCUT2D eigenvalue weighted by molar-refractivity contribution is -0.140. The van der Waals surface area contributed by atoms with Gasteiger partial charge in [-0.25, -0.2) is 0 Å². The van der Waals surface area contributed by atoms with Crippen molar-refractivity contribution >= 4 is 5.91 Å². The molecule has 1 aromatic rings. The fourth-order valence-corrected chi connectivity index (χ4v) is 2.58. The van der Waals surface area contributed by atoms with E-state index in [1.165, 1.54) is 0 Å². The summed E-state index contributed by atoms with van der Waals surface area (Å²) in [6.07, 6.45) is 0.368. The van der Waals surface area contributed by atoms with Crippen LogP contribution in [0.5, 0.6) is 0 Å². The Bertz CT molecular complexity index is 436. The van der Waals surface area contributed by atoms with E-state index in [1.807, 2.05) is 25.7 Å². The zero-order valence-electron chi connectivity index (χ0n) is 11.8. The lowest BCUT2D eigenvalue weighted by atomic mass is 10.0. The molecule has 1 aromatic heterocycles. The van der Waals surface area contributed by atoms with Crippen LogP contribution in [0, 0.1) is 13.8 Å². The highest BCUT2D eigenvalue weighted by Gasteiger charge is 2.31. The summed E-state index contributed by atoms with van der Waals surface area (Å²) in [4.78, 5) is 14.2. The zero-order chi connectivity index (χ0) is 14.0. The van der Waals surface area contributed by atoms with Crippen molar-refractivity contribution in [1.29, 1.82) is 0 Å². The Balaban J connectivity index is 2.23. The van der Waals surface area contributed by atoms with Crippen LogP contribution in [0.1, 0.15) is 36.3 Å². The van der Waals surface area contributed by atoms with Crippen molar-refractivity contribution in [3.63, 3.8) is 0 Å². The van der Waals surface area contributed by atoms with E-state index in [1.54, 1.807) is 0 Å². The normalized spacial score (nSPS) is 21.5. The predicted octanol–water partition coefficient (Wildman–Crippen LogP) is 0.664. The van der Waals surface area contributed by atoms with Crippen molar-refractivity contribution in [3.05, 3.63) is 17.0 Å². The first-order chi connectivity index (χ1) is 9.00. The molecule has 3 N–H and O–H groups in total. The molecule has 1 saturated heterocycles. The molecular weight excluding hydrogens is 244 g/mol. The van der Waals surface area contributed by atoms with Crippen LogP contribution >= 0.6 is 0 Å². The third kappa shape index (κ3) is 2.96. The Kier molecular flexibility index (Phi) is 4.21. The SMILES string of the molecule is Cc1n[nH]c(C)c1C1COCCN1C(=O)CC(C)N. The van der Waals surface area contributed by atoms with E-state index in [-0.39, 0.29) is 18.0 Å². The fraction of sp³-hybridized carbons (Fsp3) is 0.692. The number of hydrogen-bond donors (Lipinski definition) is 2. The highest BCUT2D eigenvalue weighted by atomic mass is 16.5. The summed E-state index contributed by atoms with van der Waals surface area (Å²) < 4.78 is 5.53. The fourth-order valence-electron chi connectivity index (χ4n) is 2.58. The Hall–Kier alpha value is -1.40. The molecular formula is C13H22N4O2. The van der Waals surface area contributed by atoms with E-state index in [4.69, 9.17) is 10.5 Å². The monoisotopic (exact) mass is 266 g/mol. The van der Waals surface area contributed by atoms with Crippen LogP contribution in [-0.4, -0.2) is 46.8 Å². The first-order valence-electron chi connectivity index (χ1n) is 6.65. The summed E-state index contributed by atoms with van der Waals surface area (Å²) in [6.45, 7) is 7.48. The highest BCUT2D eigenvalue weighted by Crippen LogP contribution is 2.28.